The van der Waals surface area contributed by atoms with E-state index in [1.54, 1.807) is 10.9 Å². The number of carbonyl (C=O) groups excluding carboxylic acids is 1. The van der Waals surface area contributed by atoms with Crippen LogP contribution in [0.2, 0.25) is 0 Å². The summed E-state index contributed by atoms with van der Waals surface area (Å²) in [5.74, 6) is -0.658. The fourth-order valence-electron chi connectivity index (χ4n) is 1.81. The molecule has 0 fully saturated rings. The van der Waals surface area contributed by atoms with Crippen LogP contribution in [0.1, 0.15) is 35.8 Å². The van der Waals surface area contributed by atoms with Crippen molar-refractivity contribution in [3.63, 3.8) is 0 Å². The predicted octanol–water partition coefficient (Wildman–Crippen LogP) is 2.97. The number of aromatic nitrogens is 2. The molecule has 1 aromatic heterocycles. The zero-order valence-corrected chi connectivity index (χ0v) is 12.1. The van der Waals surface area contributed by atoms with E-state index in [2.05, 4.69) is 5.10 Å². The molecule has 0 spiro atoms. The monoisotopic (exact) mass is 301 g/mol. The van der Waals surface area contributed by atoms with Gasteiger partial charge in [-0.05, 0) is 31.6 Å². The fraction of sp³-hybridized carbons (Fsp3) is 0.200. The van der Waals surface area contributed by atoms with Gasteiger partial charge < -0.3 is 5.11 Å². The number of nitrogens with zero attached hydrogens (tertiary/aromatic N) is 3. The molecule has 114 valence electrons. The number of hydrogen-bond donors (Lipinski definition) is 1. The average molecular weight is 301 g/mol. The first-order valence-corrected chi connectivity index (χ1v) is 6.62. The van der Waals surface area contributed by atoms with Crippen LogP contribution < -0.4 is 0 Å². The highest BCUT2D eigenvalue weighted by molar-refractivity contribution is 6.06. The quantitative estimate of drug-likeness (QED) is 0.396. The molecule has 0 aliphatic rings. The Balaban J connectivity index is 2.18. The van der Waals surface area contributed by atoms with Crippen molar-refractivity contribution in [1.29, 1.82) is 0 Å². The summed E-state index contributed by atoms with van der Waals surface area (Å²) in [7, 11) is 0. The number of nitro benzene ring substituents is 1. The molecular weight excluding hydrogens is 286 g/mol. The van der Waals surface area contributed by atoms with Gasteiger partial charge in [-0.2, -0.15) is 5.10 Å². The minimum absolute atomic E-state index is 0.158. The highest BCUT2D eigenvalue weighted by atomic mass is 16.6. The van der Waals surface area contributed by atoms with E-state index in [9.17, 15) is 20.0 Å². The van der Waals surface area contributed by atoms with Gasteiger partial charge in [0.05, 0.1) is 16.7 Å². The largest absolute Gasteiger partial charge is 0.502 e. The Kier molecular flexibility index (Phi) is 4.36. The number of ketones is 1. The van der Waals surface area contributed by atoms with E-state index in [0.29, 0.717) is 11.1 Å². The minimum atomic E-state index is -0.679. The Morgan fingerprint density at radius 3 is 2.77 bits per heavy atom. The van der Waals surface area contributed by atoms with Crippen LogP contribution in [0.5, 0.6) is 5.75 Å². The van der Waals surface area contributed by atoms with E-state index >= 15 is 0 Å². The topological polar surface area (TPSA) is 98.3 Å². The van der Waals surface area contributed by atoms with Gasteiger partial charge in [0.25, 0.3) is 0 Å². The second-order valence-electron chi connectivity index (χ2n) is 5.01. The van der Waals surface area contributed by atoms with Crippen LogP contribution in [0.15, 0.2) is 36.7 Å². The fourth-order valence-corrected chi connectivity index (χ4v) is 1.81. The van der Waals surface area contributed by atoms with Crippen LogP contribution in [-0.4, -0.2) is 25.6 Å². The number of carbonyl (C=O) groups is 1. The van der Waals surface area contributed by atoms with Gasteiger partial charge in [-0.3, -0.25) is 19.6 Å². The third kappa shape index (κ3) is 3.38. The van der Waals surface area contributed by atoms with Gasteiger partial charge in [0.2, 0.25) is 0 Å². The van der Waals surface area contributed by atoms with Crippen molar-refractivity contribution in [2.75, 3.05) is 0 Å². The summed E-state index contributed by atoms with van der Waals surface area (Å²) in [6.45, 7) is 3.90. The second-order valence-corrected chi connectivity index (χ2v) is 5.01. The zero-order chi connectivity index (χ0) is 16.3. The van der Waals surface area contributed by atoms with Crippen molar-refractivity contribution in [3.8, 4) is 5.75 Å². The summed E-state index contributed by atoms with van der Waals surface area (Å²) in [6.07, 6.45) is 5.90. The van der Waals surface area contributed by atoms with E-state index in [4.69, 9.17) is 0 Å². The molecule has 1 aromatic carbocycles. The summed E-state index contributed by atoms with van der Waals surface area (Å²) in [5, 5.41) is 24.2. The molecule has 0 bridgehead atoms. The number of rotatable bonds is 5. The number of allylic oxidation sites excluding steroid dienone is 1. The van der Waals surface area contributed by atoms with Crippen LogP contribution in [0.4, 0.5) is 5.69 Å². The third-order valence-electron chi connectivity index (χ3n) is 3.04. The molecule has 0 saturated heterocycles. The van der Waals surface area contributed by atoms with Gasteiger partial charge in [-0.25, -0.2) is 0 Å². The molecule has 0 amide bonds. The number of phenolic OH excluding ortho intramolecular Hbond substituents is 1. The van der Waals surface area contributed by atoms with E-state index in [1.165, 1.54) is 36.5 Å². The zero-order valence-electron chi connectivity index (χ0n) is 12.1. The number of aromatic hydroxyl groups is 1. The molecule has 0 aliphatic heterocycles. The van der Waals surface area contributed by atoms with E-state index in [-0.39, 0.29) is 11.8 Å². The maximum atomic E-state index is 12.0. The average Bonchev–Trinajstić information content (AvgIpc) is 2.95. The lowest BCUT2D eigenvalue weighted by Crippen LogP contribution is -2.00. The molecule has 2 rings (SSSR count). The molecule has 1 heterocycles. The van der Waals surface area contributed by atoms with Crippen LogP contribution >= 0.6 is 0 Å². The molecule has 2 aromatic rings. The first-order valence-electron chi connectivity index (χ1n) is 6.62. The lowest BCUT2D eigenvalue weighted by atomic mass is 10.1. The molecule has 1 N–H and O–H groups in total. The van der Waals surface area contributed by atoms with Crippen LogP contribution in [-0.2, 0) is 0 Å². The van der Waals surface area contributed by atoms with Gasteiger partial charge >= 0.3 is 5.69 Å². The summed E-state index contributed by atoms with van der Waals surface area (Å²) in [6, 6.07) is 4.07. The summed E-state index contributed by atoms with van der Waals surface area (Å²) in [4.78, 5) is 22.1. The predicted molar refractivity (Wildman–Crippen MR) is 80.7 cm³/mol. The molecule has 22 heavy (non-hydrogen) atoms. The number of nitro groups is 1. The Hall–Kier alpha value is -2.96. The number of hydrogen-bond acceptors (Lipinski definition) is 5. The van der Waals surface area contributed by atoms with Crippen LogP contribution in [0, 0.1) is 10.1 Å². The second kappa shape index (κ2) is 6.21. The van der Waals surface area contributed by atoms with Crippen molar-refractivity contribution >= 4 is 17.5 Å². The van der Waals surface area contributed by atoms with Crippen molar-refractivity contribution in [2.45, 2.75) is 19.9 Å². The highest BCUT2D eigenvalue weighted by Crippen LogP contribution is 2.26. The minimum Gasteiger partial charge on any atom is -0.502 e. The summed E-state index contributed by atoms with van der Waals surface area (Å²) in [5.41, 5.74) is 0.495. The van der Waals surface area contributed by atoms with Crippen molar-refractivity contribution in [1.82, 2.24) is 9.78 Å². The van der Waals surface area contributed by atoms with Crippen LogP contribution in [0.25, 0.3) is 6.08 Å². The van der Waals surface area contributed by atoms with Gasteiger partial charge in [-0.15, -0.1) is 0 Å². The number of phenols is 1. The first kappa shape index (κ1) is 15.4. The van der Waals surface area contributed by atoms with Gasteiger partial charge in [-0.1, -0.05) is 12.1 Å². The Bertz CT molecular complexity index is 747. The highest BCUT2D eigenvalue weighted by Gasteiger charge is 2.13. The Morgan fingerprint density at radius 1 is 1.45 bits per heavy atom. The van der Waals surface area contributed by atoms with E-state index < -0.39 is 16.4 Å². The van der Waals surface area contributed by atoms with Gasteiger partial charge in [0.15, 0.2) is 11.5 Å². The lowest BCUT2D eigenvalue weighted by Gasteiger charge is -2.02. The Labute approximate surface area is 126 Å². The lowest BCUT2D eigenvalue weighted by molar-refractivity contribution is -0.385. The SMILES string of the molecule is CC(C)n1cc(C(=O)C=Cc2ccc(O)c([N+](=O)[O-])c2)cn1. The maximum absolute atomic E-state index is 12.0. The third-order valence-corrected chi connectivity index (χ3v) is 3.04. The summed E-state index contributed by atoms with van der Waals surface area (Å²) < 4.78 is 1.67. The van der Waals surface area contributed by atoms with Crippen molar-refractivity contribution < 1.29 is 14.8 Å². The standard InChI is InChI=1S/C15H15N3O4/c1-10(2)17-9-12(8-16-17)14(19)5-3-11-4-6-15(20)13(7-11)18(21)22/h3-10,20H,1-2H3. The van der Waals surface area contributed by atoms with E-state index in [1.807, 2.05) is 13.8 Å². The number of benzene rings is 1. The molecular formula is C15H15N3O4. The van der Waals surface area contributed by atoms with Crippen LogP contribution in [0.3, 0.4) is 0 Å². The Morgan fingerprint density at radius 2 is 2.18 bits per heavy atom. The molecule has 0 radical (unpaired) electrons. The summed E-state index contributed by atoms with van der Waals surface area (Å²) >= 11 is 0. The molecule has 7 nitrogen and oxygen atoms in total. The molecule has 0 atom stereocenters. The first-order chi connectivity index (χ1) is 10.4. The maximum Gasteiger partial charge on any atom is 0.311 e. The molecule has 7 heteroatoms. The molecule has 0 unspecified atom stereocenters. The van der Waals surface area contributed by atoms with Crippen molar-refractivity contribution in [2.24, 2.45) is 0 Å². The van der Waals surface area contributed by atoms with Gasteiger partial charge in [0.1, 0.15) is 0 Å². The van der Waals surface area contributed by atoms with Crippen molar-refractivity contribution in [3.05, 3.63) is 57.9 Å². The molecule has 0 aliphatic carbocycles. The normalized spacial score (nSPS) is 11.2. The van der Waals surface area contributed by atoms with Gasteiger partial charge in [0, 0.05) is 18.3 Å². The van der Waals surface area contributed by atoms with E-state index in [0.717, 1.165) is 0 Å². The smallest absolute Gasteiger partial charge is 0.311 e. The molecule has 0 saturated carbocycles.